The van der Waals surface area contributed by atoms with Gasteiger partial charge in [0.15, 0.2) is 0 Å². The first kappa shape index (κ1) is 37.6. The molecule has 5 unspecified atom stereocenters. The molecule has 4 aromatic carbocycles. The second-order valence-electron chi connectivity index (χ2n) is 19.1. The second-order valence-corrected chi connectivity index (χ2v) is 19.1. The summed E-state index contributed by atoms with van der Waals surface area (Å²) in [6.07, 6.45) is 63.9. The smallest absolute Gasteiger partial charge is 0.0440 e. The molecule has 0 saturated heterocycles. The molecule has 8 aliphatic rings. The van der Waals surface area contributed by atoms with Crippen LogP contribution in [0.3, 0.4) is 0 Å². The Morgan fingerprint density at radius 2 is 0.833 bits per heavy atom. The van der Waals surface area contributed by atoms with Crippen molar-refractivity contribution in [2.24, 2.45) is 40.4 Å². The molecule has 12 rings (SSSR count). The van der Waals surface area contributed by atoms with Crippen LogP contribution in [0.1, 0.15) is 137 Å². The number of hydrogen-bond acceptors (Lipinski definition) is 0. The van der Waals surface area contributed by atoms with Crippen LogP contribution in [0.4, 0.5) is 0 Å². The number of rotatable bonds is 5. The van der Waals surface area contributed by atoms with Crippen LogP contribution in [-0.2, 0) is 10.8 Å². The second kappa shape index (κ2) is 13.4. The van der Waals surface area contributed by atoms with Gasteiger partial charge in [0.1, 0.15) is 0 Å². The third kappa shape index (κ3) is 4.49. The lowest BCUT2D eigenvalue weighted by atomic mass is 9.21. The monoisotopic (exact) mass is 766 g/mol. The van der Waals surface area contributed by atoms with Gasteiger partial charge in [0.05, 0.1) is 0 Å². The molecule has 286 valence electrons. The average molecular weight is 767 g/mol. The van der Waals surface area contributed by atoms with Crippen molar-refractivity contribution in [2.75, 3.05) is 0 Å². The minimum atomic E-state index is -0.927. The molecule has 4 aromatic rings. The molecule has 0 aliphatic heterocycles. The fraction of sp³-hybridized carbons (Fsp3) is 0.333. The van der Waals surface area contributed by atoms with E-state index in [1.54, 1.807) is 0 Å². The lowest BCUT2D eigenvalue weighted by Gasteiger charge is -2.82. The Hall–Kier alpha value is -6.64. The van der Waals surface area contributed by atoms with E-state index in [9.17, 15) is 0 Å². The minimum absolute atomic E-state index is 0.0268. The van der Waals surface area contributed by atoms with Crippen LogP contribution < -0.4 is 0 Å². The molecule has 0 heterocycles. The van der Waals surface area contributed by atoms with Crippen molar-refractivity contribution < 1.29 is 0 Å². The van der Waals surface area contributed by atoms with E-state index >= 15 is 0 Å². The van der Waals surface area contributed by atoms with Crippen LogP contribution in [0.25, 0.3) is 0 Å². The molecule has 8 fully saturated rings. The van der Waals surface area contributed by atoms with Gasteiger partial charge in [0.25, 0.3) is 0 Å². The van der Waals surface area contributed by atoms with Crippen molar-refractivity contribution in [3.8, 4) is 98.8 Å². The van der Waals surface area contributed by atoms with Gasteiger partial charge in [-0.3, -0.25) is 0 Å². The Labute approximate surface area is 358 Å². The highest BCUT2D eigenvalue weighted by molar-refractivity contribution is 5.72. The molecular formula is C60H46. The van der Waals surface area contributed by atoms with Crippen LogP contribution in [-0.4, -0.2) is 0 Å². The Morgan fingerprint density at radius 1 is 0.400 bits per heavy atom. The van der Waals surface area contributed by atoms with Crippen molar-refractivity contribution in [2.45, 2.75) is 81.0 Å². The molecule has 0 N–H and O–H groups in total. The molecule has 5 atom stereocenters. The fourth-order valence-corrected chi connectivity index (χ4v) is 16.4. The zero-order valence-electron chi connectivity index (χ0n) is 34.1. The standard InChI is InChI=1S/C60H46/c1-9-43-21-17-25-52(48(43)13-5)56-47-32-42-36-58(38-47,57-33-39-29-40(34-57)31-41(30-39)35-57)60(54-27-19-23-45(11-3)50(54)15-7,55-28-20-24-46(12-4)51(55)16-8)59(56,37-42)53-26-18-22-44(10-2)49(53)14-6/h1-8,17-28,39-42,47,56H,29-38H2. The first-order valence-corrected chi connectivity index (χ1v) is 21.5. The molecule has 0 spiro atoms. The first-order chi connectivity index (χ1) is 29.3. The zero-order valence-corrected chi connectivity index (χ0v) is 34.1. The summed E-state index contributed by atoms with van der Waals surface area (Å²) in [5.74, 6) is 27.2. The maximum absolute atomic E-state index is 6.82. The Balaban J connectivity index is 1.52. The summed E-state index contributed by atoms with van der Waals surface area (Å²) in [6.45, 7) is 0. The number of terminal acetylenes is 8. The highest BCUT2D eigenvalue weighted by Crippen LogP contribution is 2.86. The summed E-state index contributed by atoms with van der Waals surface area (Å²) < 4.78 is 0. The van der Waals surface area contributed by atoms with Crippen LogP contribution in [0.2, 0.25) is 0 Å². The van der Waals surface area contributed by atoms with Crippen molar-refractivity contribution in [3.05, 3.63) is 140 Å². The van der Waals surface area contributed by atoms with Gasteiger partial charge >= 0.3 is 0 Å². The normalized spacial score (nSPS) is 31.9. The summed E-state index contributed by atoms with van der Waals surface area (Å²) in [5, 5.41) is 0. The lowest BCUT2D eigenvalue weighted by molar-refractivity contribution is -0.250. The molecular weight excluding hydrogens is 721 g/mol. The van der Waals surface area contributed by atoms with Crippen molar-refractivity contribution in [3.63, 3.8) is 0 Å². The van der Waals surface area contributed by atoms with Crippen molar-refractivity contribution in [1.82, 2.24) is 0 Å². The van der Waals surface area contributed by atoms with E-state index in [2.05, 4.69) is 95.9 Å². The van der Waals surface area contributed by atoms with Gasteiger partial charge in [-0.25, -0.2) is 0 Å². The Kier molecular flexibility index (Phi) is 8.43. The van der Waals surface area contributed by atoms with Gasteiger partial charge in [-0.15, -0.1) is 51.4 Å². The molecule has 0 radical (unpaired) electrons. The fourth-order valence-electron chi connectivity index (χ4n) is 16.4. The van der Waals surface area contributed by atoms with Gasteiger partial charge in [0, 0.05) is 55.3 Å². The van der Waals surface area contributed by atoms with Crippen LogP contribution in [0.15, 0.2) is 72.8 Å². The minimum Gasteiger partial charge on any atom is -0.115 e. The zero-order chi connectivity index (χ0) is 41.6. The molecule has 60 heavy (non-hydrogen) atoms. The lowest BCUT2D eigenvalue weighted by Crippen LogP contribution is -2.78. The van der Waals surface area contributed by atoms with E-state index in [1.165, 1.54) is 38.5 Å². The van der Waals surface area contributed by atoms with Gasteiger partial charge in [-0.05, 0) is 157 Å². The maximum Gasteiger partial charge on any atom is 0.0440 e. The molecule has 0 nitrogen and oxygen atoms in total. The summed E-state index contributed by atoms with van der Waals surface area (Å²) in [7, 11) is 0. The van der Waals surface area contributed by atoms with E-state index in [-0.39, 0.29) is 22.7 Å². The third-order valence-electron chi connectivity index (χ3n) is 17.1. The number of hydrogen-bond donors (Lipinski definition) is 0. The molecule has 8 aliphatic carbocycles. The van der Waals surface area contributed by atoms with Gasteiger partial charge in [0.2, 0.25) is 0 Å². The first-order valence-electron chi connectivity index (χ1n) is 21.5. The SMILES string of the molecule is C#Cc1cccc(C2C3CC4CC2(c2cccc(C#C)c2C#C)C(c2cccc(C#C)c2C#C)(c2cccc(C#C)c2C#C)C(C25CC6CC(CC(C6)C2)C5)(C4)C3)c1C#C. The third-order valence-corrected chi connectivity index (χ3v) is 17.1. The van der Waals surface area contributed by atoms with Crippen molar-refractivity contribution in [1.29, 1.82) is 0 Å². The predicted octanol–water partition coefficient (Wildman–Crippen LogP) is 10.6. The highest BCUT2D eigenvalue weighted by atomic mass is 14.8. The highest BCUT2D eigenvalue weighted by Gasteiger charge is 2.82. The van der Waals surface area contributed by atoms with E-state index in [0.717, 1.165) is 59.1 Å². The largest absolute Gasteiger partial charge is 0.115 e. The van der Waals surface area contributed by atoms with E-state index in [0.29, 0.717) is 57.1 Å². The predicted molar refractivity (Wildman–Crippen MR) is 243 cm³/mol. The molecule has 8 saturated carbocycles. The summed E-state index contributed by atoms with van der Waals surface area (Å²) >= 11 is 0. The Bertz CT molecular complexity index is 2780. The molecule has 0 amide bonds. The summed E-state index contributed by atoms with van der Waals surface area (Å²) in [4.78, 5) is 0. The number of benzene rings is 4. The van der Waals surface area contributed by atoms with Crippen LogP contribution in [0.5, 0.6) is 0 Å². The maximum atomic E-state index is 6.82. The average Bonchev–Trinajstić information content (AvgIpc) is 3.27. The topological polar surface area (TPSA) is 0 Å². The Morgan fingerprint density at radius 3 is 1.30 bits per heavy atom. The van der Waals surface area contributed by atoms with Gasteiger partial charge < -0.3 is 0 Å². The van der Waals surface area contributed by atoms with Gasteiger partial charge in [-0.2, -0.15) is 0 Å². The van der Waals surface area contributed by atoms with Crippen molar-refractivity contribution >= 4 is 0 Å². The molecule has 0 aromatic heterocycles. The quantitative estimate of drug-likeness (QED) is 0.178. The molecule has 0 heteroatoms. The summed E-state index contributed by atoms with van der Waals surface area (Å²) in [5.41, 5.74) is 7.66. The van der Waals surface area contributed by atoms with E-state index in [4.69, 9.17) is 51.4 Å². The van der Waals surface area contributed by atoms with Gasteiger partial charge in [-0.1, -0.05) is 95.9 Å². The summed E-state index contributed by atoms with van der Waals surface area (Å²) in [6, 6.07) is 25.2. The van der Waals surface area contributed by atoms with Crippen LogP contribution >= 0.6 is 0 Å². The van der Waals surface area contributed by atoms with Crippen LogP contribution in [0, 0.1) is 139 Å². The van der Waals surface area contributed by atoms with E-state index < -0.39 is 10.8 Å². The van der Waals surface area contributed by atoms with E-state index in [1.807, 2.05) is 24.3 Å². The molecule has 8 bridgehead atoms.